The van der Waals surface area contributed by atoms with Gasteiger partial charge in [-0.1, -0.05) is 18.2 Å². The average molecular weight is 465 g/mol. The zero-order chi connectivity index (χ0) is 24.4. The van der Waals surface area contributed by atoms with Crippen LogP contribution in [0.5, 0.6) is 5.75 Å². The second-order valence-corrected chi connectivity index (χ2v) is 8.78. The number of carbonyl (C=O) groups is 4. The highest BCUT2D eigenvalue weighted by atomic mass is 16.5. The second-order valence-electron chi connectivity index (χ2n) is 8.78. The van der Waals surface area contributed by atoms with Crippen molar-refractivity contribution in [3.63, 3.8) is 0 Å². The lowest BCUT2D eigenvalue weighted by atomic mass is 9.97. The standard InChI is InChI=1S/C26H28N2O6/c1-16-7-6-8-17(2)28(16)23(29)15-34-26(32)21-13-18(11-12-22(21)33-3)14-27-24(30)19-9-4-5-10-20(19)25(27)31/h4-5,9-13,16-17H,6-8,14-15H2,1-3H3. The number of nitrogens with zero attached hydrogens (tertiary/aromatic N) is 2. The van der Waals surface area contributed by atoms with E-state index in [2.05, 4.69) is 0 Å². The number of hydrogen-bond acceptors (Lipinski definition) is 6. The molecule has 0 saturated carbocycles. The van der Waals surface area contributed by atoms with Crippen LogP contribution < -0.4 is 4.74 Å². The molecule has 8 heteroatoms. The van der Waals surface area contributed by atoms with Crippen molar-refractivity contribution in [2.24, 2.45) is 0 Å². The molecule has 1 saturated heterocycles. The van der Waals surface area contributed by atoms with Crippen LogP contribution in [0, 0.1) is 0 Å². The molecule has 34 heavy (non-hydrogen) atoms. The van der Waals surface area contributed by atoms with E-state index in [0.29, 0.717) is 16.7 Å². The number of rotatable bonds is 6. The Kier molecular flexibility index (Phi) is 6.68. The largest absolute Gasteiger partial charge is 0.496 e. The van der Waals surface area contributed by atoms with E-state index in [1.165, 1.54) is 13.2 Å². The number of ether oxygens (including phenoxy) is 2. The summed E-state index contributed by atoms with van der Waals surface area (Å²) in [5.74, 6) is -1.41. The van der Waals surface area contributed by atoms with Crippen LogP contribution in [0.15, 0.2) is 42.5 Å². The Hall–Kier alpha value is -3.68. The molecule has 2 atom stereocenters. The first-order chi connectivity index (χ1) is 16.3. The van der Waals surface area contributed by atoms with Crippen LogP contribution >= 0.6 is 0 Å². The van der Waals surface area contributed by atoms with Crippen molar-refractivity contribution in [1.82, 2.24) is 9.80 Å². The summed E-state index contributed by atoms with van der Waals surface area (Å²) in [6.45, 7) is 3.64. The van der Waals surface area contributed by atoms with Crippen LogP contribution in [0.3, 0.4) is 0 Å². The molecule has 0 spiro atoms. The molecule has 0 aromatic heterocycles. The van der Waals surface area contributed by atoms with E-state index < -0.39 is 5.97 Å². The molecule has 0 aliphatic carbocycles. The SMILES string of the molecule is COc1ccc(CN2C(=O)c3ccccc3C2=O)cc1C(=O)OCC(=O)N1C(C)CCCC1C. The smallest absolute Gasteiger partial charge is 0.342 e. The Labute approximate surface area is 198 Å². The fourth-order valence-corrected chi connectivity index (χ4v) is 4.77. The molecule has 2 aromatic carbocycles. The third-order valence-corrected chi connectivity index (χ3v) is 6.51. The molecule has 8 nitrogen and oxygen atoms in total. The number of hydrogen-bond donors (Lipinski definition) is 0. The lowest BCUT2D eigenvalue weighted by molar-refractivity contribution is -0.140. The minimum atomic E-state index is -0.702. The van der Waals surface area contributed by atoms with Crippen molar-refractivity contribution in [3.05, 3.63) is 64.7 Å². The van der Waals surface area contributed by atoms with Crippen LogP contribution in [0.2, 0.25) is 0 Å². The van der Waals surface area contributed by atoms with Crippen LogP contribution in [0.1, 0.15) is 69.7 Å². The maximum atomic E-state index is 12.9. The average Bonchev–Trinajstić information content (AvgIpc) is 3.07. The summed E-state index contributed by atoms with van der Waals surface area (Å²) in [6, 6.07) is 11.7. The van der Waals surface area contributed by atoms with Gasteiger partial charge in [-0.15, -0.1) is 0 Å². The van der Waals surface area contributed by atoms with E-state index in [1.807, 2.05) is 13.8 Å². The van der Waals surface area contributed by atoms with Gasteiger partial charge >= 0.3 is 5.97 Å². The summed E-state index contributed by atoms with van der Waals surface area (Å²) in [7, 11) is 1.43. The van der Waals surface area contributed by atoms with Crippen molar-refractivity contribution in [3.8, 4) is 5.75 Å². The van der Waals surface area contributed by atoms with Crippen LogP contribution in [0.4, 0.5) is 0 Å². The fraction of sp³-hybridized carbons (Fsp3) is 0.385. The van der Waals surface area contributed by atoms with E-state index in [-0.39, 0.29) is 54.3 Å². The summed E-state index contributed by atoms with van der Waals surface area (Å²) in [5, 5.41) is 0. The van der Waals surface area contributed by atoms with Crippen molar-refractivity contribution in [1.29, 1.82) is 0 Å². The minimum absolute atomic E-state index is 0.00163. The molecular weight excluding hydrogens is 436 g/mol. The molecule has 0 radical (unpaired) electrons. The van der Waals surface area contributed by atoms with Crippen molar-refractivity contribution in [2.45, 2.75) is 51.7 Å². The molecule has 0 N–H and O–H groups in total. The molecular formula is C26H28N2O6. The normalized spacial score (nSPS) is 19.7. The van der Waals surface area contributed by atoms with Crippen LogP contribution in [-0.4, -0.2) is 59.3 Å². The molecule has 2 unspecified atom stereocenters. The Bertz CT molecular complexity index is 1100. The molecule has 2 aliphatic heterocycles. The molecule has 1 fully saturated rings. The Morgan fingerprint density at radius 2 is 1.59 bits per heavy atom. The van der Waals surface area contributed by atoms with Crippen molar-refractivity contribution >= 4 is 23.7 Å². The highest BCUT2D eigenvalue weighted by molar-refractivity contribution is 6.21. The Morgan fingerprint density at radius 1 is 0.971 bits per heavy atom. The summed E-state index contributed by atoms with van der Waals surface area (Å²) in [5.41, 5.74) is 1.41. The van der Waals surface area contributed by atoms with Gasteiger partial charge in [-0.25, -0.2) is 4.79 Å². The first kappa shape index (κ1) is 23.5. The molecule has 2 heterocycles. The molecule has 4 rings (SSSR count). The lowest BCUT2D eigenvalue weighted by Crippen LogP contribution is -2.49. The Morgan fingerprint density at radius 3 is 2.18 bits per heavy atom. The van der Waals surface area contributed by atoms with Gasteiger partial charge in [0.1, 0.15) is 11.3 Å². The summed E-state index contributed by atoms with van der Waals surface area (Å²) >= 11 is 0. The van der Waals surface area contributed by atoms with E-state index in [0.717, 1.165) is 24.2 Å². The number of fused-ring (bicyclic) bond motifs is 1. The third-order valence-electron chi connectivity index (χ3n) is 6.51. The van der Waals surface area contributed by atoms with Gasteiger partial charge in [0.05, 0.1) is 24.8 Å². The number of piperidine rings is 1. The highest BCUT2D eigenvalue weighted by Crippen LogP contribution is 2.27. The van der Waals surface area contributed by atoms with Crippen molar-refractivity contribution < 1.29 is 28.7 Å². The van der Waals surface area contributed by atoms with Crippen LogP contribution in [-0.2, 0) is 16.1 Å². The third kappa shape index (κ3) is 4.40. The van der Waals surface area contributed by atoms with Gasteiger partial charge in [0.15, 0.2) is 6.61 Å². The van der Waals surface area contributed by atoms with Crippen LogP contribution in [0.25, 0.3) is 0 Å². The maximum Gasteiger partial charge on any atom is 0.342 e. The number of carbonyl (C=O) groups excluding carboxylic acids is 4. The van der Waals surface area contributed by atoms with E-state index in [9.17, 15) is 19.2 Å². The summed E-state index contributed by atoms with van der Waals surface area (Å²) < 4.78 is 10.6. The van der Waals surface area contributed by atoms with Crippen molar-refractivity contribution in [2.75, 3.05) is 13.7 Å². The summed E-state index contributed by atoms with van der Waals surface area (Å²) in [4.78, 5) is 53.9. The predicted molar refractivity (Wildman–Crippen MR) is 124 cm³/mol. The Balaban J connectivity index is 1.47. The second kappa shape index (κ2) is 9.67. The predicted octanol–water partition coefficient (Wildman–Crippen LogP) is 3.44. The van der Waals surface area contributed by atoms with Gasteiger partial charge in [-0.05, 0) is 62.9 Å². The number of benzene rings is 2. The molecule has 0 bridgehead atoms. The van der Waals surface area contributed by atoms with Gasteiger partial charge in [0, 0.05) is 12.1 Å². The number of esters is 1. The minimum Gasteiger partial charge on any atom is -0.496 e. The number of amides is 3. The monoisotopic (exact) mass is 464 g/mol. The van der Waals surface area contributed by atoms with E-state index >= 15 is 0 Å². The fourth-order valence-electron chi connectivity index (χ4n) is 4.77. The number of likely N-dealkylation sites (tertiary alicyclic amines) is 1. The first-order valence-electron chi connectivity index (χ1n) is 11.4. The summed E-state index contributed by atoms with van der Waals surface area (Å²) in [6.07, 6.45) is 2.93. The van der Waals surface area contributed by atoms with Gasteiger partial charge in [-0.3, -0.25) is 19.3 Å². The number of methoxy groups -OCH3 is 1. The van der Waals surface area contributed by atoms with Gasteiger partial charge in [-0.2, -0.15) is 0 Å². The molecule has 178 valence electrons. The maximum absolute atomic E-state index is 12.9. The van der Waals surface area contributed by atoms with E-state index in [1.54, 1.807) is 41.3 Å². The van der Waals surface area contributed by atoms with Gasteiger partial charge in [0.25, 0.3) is 17.7 Å². The van der Waals surface area contributed by atoms with Gasteiger partial charge < -0.3 is 14.4 Å². The zero-order valence-electron chi connectivity index (χ0n) is 19.6. The zero-order valence-corrected chi connectivity index (χ0v) is 19.6. The molecule has 2 aliphatic rings. The van der Waals surface area contributed by atoms with Gasteiger partial charge in [0.2, 0.25) is 0 Å². The number of imide groups is 1. The van der Waals surface area contributed by atoms with E-state index in [4.69, 9.17) is 9.47 Å². The molecule has 2 aromatic rings. The lowest BCUT2D eigenvalue weighted by Gasteiger charge is -2.38. The topological polar surface area (TPSA) is 93.2 Å². The first-order valence-corrected chi connectivity index (χ1v) is 11.4. The quantitative estimate of drug-likeness (QED) is 0.480. The molecule has 3 amide bonds. The highest BCUT2D eigenvalue weighted by Gasteiger charge is 2.35.